The molecule has 2 N–H and O–H groups in total. The van der Waals surface area contributed by atoms with E-state index in [4.69, 9.17) is 5.73 Å². The second kappa shape index (κ2) is 7.95. The number of nitrogens with two attached hydrogens (primary N) is 1. The van der Waals surface area contributed by atoms with Crippen molar-refractivity contribution in [3.8, 4) is 0 Å². The molecule has 6 nitrogen and oxygen atoms in total. The van der Waals surface area contributed by atoms with Gasteiger partial charge in [0, 0.05) is 19.5 Å². The lowest BCUT2D eigenvalue weighted by Gasteiger charge is -2.36. The molecule has 0 spiro atoms. The lowest BCUT2D eigenvalue weighted by Crippen LogP contribution is -2.46. The van der Waals surface area contributed by atoms with E-state index in [1.54, 1.807) is 7.05 Å². The summed E-state index contributed by atoms with van der Waals surface area (Å²) >= 11 is 0. The maximum absolute atomic E-state index is 12.3. The molecule has 20 heavy (non-hydrogen) atoms. The van der Waals surface area contributed by atoms with E-state index in [2.05, 4.69) is 4.74 Å². The number of hydrogen-bond donors (Lipinski definition) is 1. The van der Waals surface area contributed by atoms with Crippen LogP contribution in [0.15, 0.2) is 0 Å². The van der Waals surface area contributed by atoms with Gasteiger partial charge in [0.2, 0.25) is 10.0 Å². The Labute approximate surface area is 121 Å². The highest BCUT2D eigenvalue weighted by Crippen LogP contribution is 2.28. The molecular weight excluding hydrogens is 280 g/mol. The Bertz CT molecular complexity index is 411. The minimum absolute atomic E-state index is 0.00289. The molecule has 118 valence electrons. The van der Waals surface area contributed by atoms with Crippen LogP contribution in [0, 0.1) is 5.92 Å². The number of carbonyl (C=O) groups excluding carboxylic acids is 1. The van der Waals surface area contributed by atoms with Crippen LogP contribution in [0.25, 0.3) is 0 Å². The number of sulfonamides is 1. The summed E-state index contributed by atoms with van der Waals surface area (Å²) in [7, 11) is -0.403. The van der Waals surface area contributed by atoms with Gasteiger partial charge in [-0.2, -0.15) is 0 Å². The zero-order valence-electron chi connectivity index (χ0n) is 12.4. The first kappa shape index (κ1) is 17.4. The van der Waals surface area contributed by atoms with Crippen molar-refractivity contribution < 1.29 is 17.9 Å². The van der Waals surface area contributed by atoms with Crippen LogP contribution >= 0.6 is 0 Å². The predicted molar refractivity (Wildman–Crippen MR) is 77.6 cm³/mol. The van der Waals surface area contributed by atoms with Crippen LogP contribution in [0.4, 0.5) is 0 Å². The summed E-state index contributed by atoms with van der Waals surface area (Å²) in [4.78, 5) is 11.0. The van der Waals surface area contributed by atoms with E-state index in [-0.39, 0.29) is 30.1 Å². The molecule has 2 unspecified atom stereocenters. The van der Waals surface area contributed by atoms with Gasteiger partial charge in [0.15, 0.2) is 0 Å². The van der Waals surface area contributed by atoms with Gasteiger partial charge in [-0.15, -0.1) is 0 Å². The van der Waals surface area contributed by atoms with Crippen molar-refractivity contribution >= 4 is 16.0 Å². The molecule has 7 heteroatoms. The Morgan fingerprint density at radius 1 is 1.35 bits per heavy atom. The molecule has 0 aliphatic heterocycles. The van der Waals surface area contributed by atoms with E-state index in [1.165, 1.54) is 11.4 Å². The van der Waals surface area contributed by atoms with Crippen LogP contribution in [0.2, 0.25) is 0 Å². The molecule has 1 fully saturated rings. The lowest BCUT2D eigenvalue weighted by atomic mass is 9.85. The van der Waals surface area contributed by atoms with Gasteiger partial charge in [-0.1, -0.05) is 12.8 Å². The molecule has 0 aromatic carbocycles. The first-order valence-electron chi connectivity index (χ1n) is 7.15. The third kappa shape index (κ3) is 4.71. The zero-order valence-corrected chi connectivity index (χ0v) is 13.2. The van der Waals surface area contributed by atoms with E-state index in [0.717, 1.165) is 25.7 Å². The largest absolute Gasteiger partial charge is 0.469 e. The topological polar surface area (TPSA) is 89.7 Å². The highest BCUT2D eigenvalue weighted by Gasteiger charge is 2.33. The van der Waals surface area contributed by atoms with Crippen LogP contribution in [-0.4, -0.2) is 51.2 Å². The fourth-order valence-corrected chi connectivity index (χ4v) is 4.28. The van der Waals surface area contributed by atoms with Crippen LogP contribution in [0.3, 0.4) is 0 Å². The highest BCUT2D eigenvalue weighted by atomic mass is 32.2. The van der Waals surface area contributed by atoms with Crippen LogP contribution in [-0.2, 0) is 19.6 Å². The predicted octanol–water partition coefficient (Wildman–Crippen LogP) is 0.719. The van der Waals surface area contributed by atoms with Gasteiger partial charge < -0.3 is 10.5 Å². The number of methoxy groups -OCH3 is 1. The van der Waals surface area contributed by atoms with E-state index in [1.807, 2.05) is 0 Å². The SMILES string of the molecule is COC(=O)CCCS(=O)(=O)N(C)C1CCCCC1CN. The number of ether oxygens (including phenoxy) is 1. The fourth-order valence-electron chi connectivity index (χ4n) is 2.79. The summed E-state index contributed by atoms with van der Waals surface area (Å²) in [5, 5.41) is 0. The fraction of sp³-hybridized carbons (Fsp3) is 0.923. The summed E-state index contributed by atoms with van der Waals surface area (Å²) < 4.78 is 30.6. The molecule has 0 heterocycles. The highest BCUT2D eigenvalue weighted by molar-refractivity contribution is 7.89. The first-order valence-corrected chi connectivity index (χ1v) is 8.76. The van der Waals surface area contributed by atoms with Gasteiger partial charge >= 0.3 is 5.97 Å². The average molecular weight is 306 g/mol. The molecule has 0 bridgehead atoms. The van der Waals surface area contributed by atoms with Crippen molar-refractivity contribution in [3.05, 3.63) is 0 Å². The van der Waals surface area contributed by atoms with Crippen molar-refractivity contribution in [1.29, 1.82) is 0 Å². The quantitative estimate of drug-likeness (QED) is 0.700. The van der Waals surface area contributed by atoms with Gasteiger partial charge in [0.1, 0.15) is 0 Å². The second-order valence-corrected chi connectivity index (χ2v) is 7.51. The van der Waals surface area contributed by atoms with Gasteiger partial charge in [-0.3, -0.25) is 4.79 Å². The van der Waals surface area contributed by atoms with Crippen LogP contribution in [0.5, 0.6) is 0 Å². The van der Waals surface area contributed by atoms with E-state index in [0.29, 0.717) is 13.0 Å². The van der Waals surface area contributed by atoms with Crippen molar-refractivity contribution in [2.75, 3.05) is 26.5 Å². The molecular formula is C13H26N2O4S. The van der Waals surface area contributed by atoms with Crippen molar-refractivity contribution in [2.24, 2.45) is 11.7 Å². The molecule has 1 aliphatic rings. The Morgan fingerprint density at radius 3 is 2.60 bits per heavy atom. The smallest absolute Gasteiger partial charge is 0.305 e. The monoisotopic (exact) mass is 306 g/mol. The molecule has 0 radical (unpaired) electrons. The summed E-state index contributed by atoms with van der Waals surface area (Å²) in [6, 6.07) is -0.00289. The molecule has 0 aromatic rings. The van der Waals surface area contributed by atoms with E-state index in [9.17, 15) is 13.2 Å². The molecule has 0 amide bonds. The minimum atomic E-state index is -3.34. The summed E-state index contributed by atoms with van der Waals surface area (Å²) in [6.07, 6.45) is 4.45. The molecule has 2 atom stereocenters. The Kier molecular flexibility index (Phi) is 6.91. The standard InChI is InChI=1S/C13H26N2O4S/c1-15(12-7-4-3-6-11(12)10-14)20(17,18)9-5-8-13(16)19-2/h11-12H,3-10,14H2,1-2H3. The second-order valence-electron chi connectivity index (χ2n) is 5.36. The number of rotatable bonds is 7. The third-order valence-corrected chi connectivity index (χ3v) is 6.04. The summed E-state index contributed by atoms with van der Waals surface area (Å²) in [6.45, 7) is 0.521. The maximum atomic E-state index is 12.3. The molecule has 1 saturated carbocycles. The molecule has 0 saturated heterocycles. The Balaban J connectivity index is 2.58. The summed E-state index contributed by atoms with van der Waals surface area (Å²) in [5.74, 6) is -0.156. The van der Waals surface area contributed by atoms with Gasteiger partial charge in [0.25, 0.3) is 0 Å². The maximum Gasteiger partial charge on any atom is 0.305 e. The van der Waals surface area contributed by atoms with E-state index >= 15 is 0 Å². The summed E-state index contributed by atoms with van der Waals surface area (Å²) in [5.41, 5.74) is 5.75. The first-order chi connectivity index (χ1) is 9.42. The van der Waals surface area contributed by atoms with E-state index < -0.39 is 10.0 Å². The lowest BCUT2D eigenvalue weighted by molar-refractivity contribution is -0.140. The van der Waals surface area contributed by atoms with Crippen LogP contribution < -0.4 is 5.73 Å². The van der Waals surface area contributed by atoms with Gasteiger partial charge in [-0.25, -0.2) is 12.7 Å². The Morgan fingerprint density at radius 2 is 2.00 bits per heavy atom. The molecule has 0 aromatic heterocycles. The van der Waals surface area contributed by atoms with Crippen molar-refractivity contribution in [1.82, 2.24) is 4.31 Å². The third-order valence-electron chi connectivity index (χ3n) is 4.09. The van der Waals surface area contributed by atoms with Gasteiger partial charge in [-0.05, 0) is 31.7 Å². The molecule has 1 aliphatic carbocycles. The number of nitrogens with zero attached hydrogens (tertiary/aromatic N) is 1. The molecule has 1 rings (SSSR count). The number of esters is 1. The van der Waals surface area contributed by atoms with Crippen molar-refractivity contribution in [2.45, 2.75) is 44.6 Å². The minimum Gasteiger partial charge on any atom is -0.469 e. The zero-order chi connectivity index (χ0) is 15.2. The normalized spacial score (nSPS) is 23.8. The van der Waals surface area contributed by atoms with Crippen molar-refractivity contribution in [3.63, 3.8) is 0 Å². The number of hydrogen-bond acceptors (Lipinski definition) is 5. The number of carbonyl (C=O) groups is 1. The Hall–Kier alpha value is -0.660. The van der Waals surface area contributed by atoms with Crippen LogP contribution in [0.1, 0.15) is 38.5 Å². The van der Waals surface area contributed by atoms with Gasteiger partial charge in [0.05, 0.1) is 12.9 Å². The average Bonchev–Trinajstić information content (AvgIpc) is 2.45.